The summed E-state index contributed by atoms with van der Waals surface area (Å²) in [5, 5.41) is 2.72. The Morgan fingerprint density at radius 2 is 1.83 bits per heavy atom. The molecule has 0 amide bonds. The molecule has 0 aliphatic heterocycles. The molecule has 0 bridgehead atoms. The van der Waals surface area contributed by atoms with Gasteiger partial charge in [-0.1, -0.05) is 49.0 Å². The number of fused-ring (bicyclic) bond motifs is 1. The first-order valence-corrected chi connectivity index (χ1v) is 7.96. The van der Waals surface area contributed by atoms with Crippen LogP contribution < -0.4 is 0 Å². The van der Waals surface area contributed by atoms with E-state index in [9.17, 15) is 0 Å². The summed E-state index contributed by atoms with van der Waals surface area (Å²) in [4.78, 5) is 0. The van der Waals surface area contributed by atoms with Gasteiger partial charge in [0.15, 0.2) is 0 Å². The number of allylic oxidation sites excluding steroid dienone is 4. The SMILES string of the molecule is C1=CCC([c-]2ccc3ccccc32)=C1.C[Si]C.[Zr]. The summed E-state index contributed by atoms with van der Waals surface area (Å²) in [5.74, 6) is 0. The standard InChI is InChI=1S/C14H11.C2H6Si.Zr/c1-2-6-11(5-1)14-10-9-12-7-3-4-8-13(12)14;1-3-2;/h1-5,7-10H,6H2;1-2H3;/q-1;;. The molecule has 0 spiro atoms. The van der Waals surface area contributed by atoms with Crippen LogP contribution >= 0.6 is 0 Å². The summed E-state index contributed by atoms with van der Waals surface area (Å²) in [5.41, 5.74) is 2.83. The molecule has 0 heterocycles. The summed E-state index contributed by atoms with van der Waals surface area (Å²) in [6.45, 7) is 4.31. The van der Waals surface area contributed by atoms with E-state index in [1.165, 1.54) is 21.9 Å². The van der Waals surface area contributed by atoms with E-state index >= 15 is 0 Å². The van der Waals surface area contributed by atoms with Gasteiger partial charge >= 0.3 is 0 Å². The second-order valence-corrected chi connectivity index (χ2v) is 5.16. The third kappa shape index (κ3) is 3.46. The Morgan fingerprint density at radius 1 is 1.11 bits per heavy atom. The summed E-state index contributed by atoms with van der Waals surface area (Å²) < 4.78 is 0. The second-order valence-electron chi connectivity index (χ2n) is 4.16. The molecule has 0 N–H and O–H groups in total. The molecule has 2 radical (unpaired) electrons. The van der Waals surface area contributed by atoms with E-state index < -0.39 is 0 Å². The van der Waals surface area contributed by atoms with Gasteiger partial charge in [-0.2, -0.15) is 0 Å². The predicted molar refractivity (Wildman–Crippen MR) is 78.8 cm³/mol. The van der Waals surface area contributed by atoms with Crippen molar-refractivity contribution < 1.29 is 26.2 Å². The van der Waals surface area contributed by atoms with E-state index in [-0.39, 0.29) is 26.2 Å². The Kier molecular flexibility index (Phi) is 6.67. The number of benzene rings is 1. The van der Waals surface area contributed by atoms with Crippen LogP contribution in [-0.4, -0.2) is 9.52 Å². The van der Waals surface area contributed by atoms with Gasteiger partial charge in [-0.3, -0.25) is 0 Å². The molecule has 0 fully saturated rings. The Balaban J connectivity index is 0.000000372. The minimum Gasteiger partial charge on any atom is -0.144 e. The molecule has 0 saturated carbocycles. The normalized spacial score (nSPS) is 12.7. The molecule has 18 heavy (non-hydrogen) atoms. The van der Waals surface area contributed by atoms with E-state index in [1.807, 2.05) is 0 Å². The van der Waals surface area contributed by atoms with E-state index in [2.05, 4.69) is 67.7 Å². The molecule has 0 atom stereocenters. The Bertz CT molecular complexity index is 549. The molecule has 0 nitrogen and oxygen atoms in total. The van der Waals surface area contributed by atoms with E-state index in [0.717, 1.165) is 15.9 Å². The zero-order valence-electron chi connectivity index (χ0n) is 10.9. The van der Waals surface area contributed by atoms with Gasteiger partial charge in [0.05, 0.1) is 0 Å². The number of hydrogen-bond acceptors (Lipinski definition) is 0. The molecule has 2 heteroatoms. The van der Waals surface area contributed by atoms with Gasteiger partial charge in [0.25, 0.3) is 0 Å². The first-order valence-electron chi connectivity index (χ1n) is 5.96. The minimum atomic E-state index is 0. The van der Waals surface area contributed by atoms with Gasteiger partial charge in [-0.25, -0.2) is 0 Å². The molecule has 0 aromatic heterocycles. The molecule has 1 aliphatic rings. The van der Waals surface area contributed by atoms with Crippen molar-refractivity contribution in [2.24, 2.45) is 0 Å². The topological polar surface area (TPSA) is 0 Å². The summed E-state index contributed by atoms with van der Waals surface area (Å²) >= 11 is 0. The fourth-order valence-electron chi connectivity index (χ4n) is 2.08. The smallest absolute Gasteiger partial charge is 0.0307 e. The van der Waals surface area contributed by atoms with Gasteiger partial charge < -0.3 is 0 Å². The van der Waals surface area contributed by atoms with E-state index in [1.54, 1.807) is 0 Å². The van der Waals surface area contributed by atoms with Crippen LogP contribution in [0.25, 0.3) is 16.3 Å². The Hall–Kier alpha value is -0.590. The quantitative estimate of drug-likeness (QED) is 0.526. The fraction of sp³-hybridized carbons (Fsp3) is 0.188. The van der Waals surface area contributed by atoms with Crippen LogP contribution in [0.1, 0.15) is 12.0 Å². The van der Waals surface area contributed by atoms with Crippen LogP contribution in [0.4, 0.5) is 0 Å². The average molecular weight is 329 g/mol. The molecule has 2 aromatic rings. The van der Waals surface area contributed by atoms with Crippen molar-refractivity contribution in [3.8, 4) is 0 Å². The molecule has 2 aromatic carbocycles. The van der Waals surface area contributed by atoms with Crippen LogP contribution in [0.2, 0.25) is 13.1 Å². The monoisotopic (exact) mass is 327 g/mol. The molecule has 90 valence electrons. The van der Waals surface area contributed by atoms with Crippen molar-refractivity contribution in [1.29, 1.82) is 0 Å². The van der Waals surface area contributed by atoms with Crippen LogP contribution in [0, 0.1) is 0 Å². The Morgan fingerprint density at radius 3 is 2.50 bits per heavy atom. The zero-order chi connectivity index (χ0) is 12.1. The van der Waals surface area contributed by atoms with Gasteiger partial charge in [-0.15, -0.1) is 40.6 Å². The minimum absolute atomic E-state index is 0. The van der Waals surface area contributed by atoms with Crippen molar-refractivity contribution in [3.05, 3.63) is 60.2 Å². The molecular weight excluding hydrogens is 311 g/mol. The second kappa shape index (κ2) is 7.76. The maximum absolute atomic E-state index is 2.23. The number of rotatable bonds is 1. The zero-order valence-corrected chi connectivity index (χ0v) is 14.4. The fourth-order valence-corrected chi connectivity index (χ4v) is 2.08. The number of hydrogen-bond donors (Lipinski definition) is 0. The molecular formula is C16H17SiZr-. The maximum atomic E-state index is 2.23. The van der Waals surface area contributed by atoms with Gasteiger partial charge in [0, 0.05) is 35.7 Å². The van der Waals surface area contributed by atoms with Gasteiger partial charge in [-0.05, 0) is 6.42 Å². The summed E-state index contributed by atoms with van der Waals surface area (Å²) in [6.07, 6.45) is 7.63. The third-order valence-electron chi connectivity index (χ3n) is 2.80. The van der Waals surface area contributed by atoms with Crippen LogP contribution in [0.5, 0.6) is 0 Å². The molecule has 3 rings (SSSR count). The summed E-state index contributed by atoms with van der Waals surface area (Å²) in [6, 6.07) is 13.0. The first kappa shape index (κ1) is 15.5. The summed E-state index contributed by atoms with van der Waals surface area (Å²) in [7, 11) is 1.08. The largest absolute Gasteiger partial charge is 0.144 e. The van der Waals surface area contributed by atoms with Crippen LogP contribution in [0.15, 0.2) is 54.6 Å². The van der Waals surface area contributed by atoms with Gasteiger partial charge in [0.2, 0.25) is 0 Å². The van der Waals surface area contributed by atoms with Crippen molar-refractivity contribution in [1.82, 2.24) is 0 Å². The van der Waals surface area contributed by atoms with Crippen LogP contribution in [0.3, 0.4) is 0 Å². The molecule has 0 unspecified atom stereocenters. The van der Waals surface area contributed by atoms with E-state index in [0.29, 0.717) is 0 Å². The first-order chi connectivity index (χ1) is 8.36. The molecule has 1 aliphatic carbocycles. The Labute approximate surface area is 131 Å². The third-order valence-corrected chi connectivity index (χ3v) is 2.80. The maximum Gasteiger partial charge on any atom is 0.0307 e. The van der Waals surface area contributed by atoms with Crippen molar-refractivity contribution in [3.63, 3.8) is 0 Å². The van der Waals surface area contributed by atoms with Crippen molar-refractivity contribution >= 4 is 25.9 Å². The molecule has 0 saturated heterocycles. The predicted octanol–water partition coefficient (Wildman–Crippen LogP) is 4.69. The van der Waals surface area contributed by atoms with E-state index in [4.69, 9.17) is 0 Å². The average Bonchev–Trinajstić information content (AvgIpc) is 2.98. The van der Waals surface area contributed by atoms with Gasteiger partial charge in [0.1, 0.15) is 0 Å². The van der Waals surface area contributed by atoms with Crippen molar-refractivity contribution in [2.75, 3.05) is 0 Å². The van der Waals surface area contributed by atoms with Crippen molar-refractivity contribution in [2.45, 2.75) is 19.5 Å². The van der Waals surface area contributed by atoms with Crippen LogP contribution in [-0.2, 0) is 26.2 Å².